The van der Waals surface area contributed by atoms with Crippen LogP contribution in [0.25, 0.3) is 0 Å². The predicted molar refractivity (Wildman–Crippen MR) is 74.5 cm³/mol. The van der Waals surface area contributed by atoms with Gasteiger partial charge in [0.2, 0.25) is 11.8 Å². The van der Waals surface area contributed by atoms with Crippen molar-refractivity contribution in [2.75, 3.05) is 0 Å². The summed E-state index contributed by atoms with van der Waals surface area (Å²) in [6.45, 7) is 6.12. The molecule has 1 N–H and O–H groups in total. The summed E-state index contributed by atoms with van der Waals surface area (Å²) >= 11 is 0. The average molecular weight is 264 g/mol. The van der Waals surface area contributed by atoms with Gasteiger partial charge in [-0.15, -0.1) is 0 Å². The van der Waals surface area contributed by atoms with Gasteiger partial charge in [-0.2, -0.15) is 0 Å². The lowest BCUT2D eigenvalue weighted by Crippen LogP contribution is -2.65. The van der Waals surface area contributed by atoms with Crippen LogP contribution < -0.4 is 5.32 Å². The molecule has 0 aromatic rings. The lowest BCUT2D eigenvalue weighted by molar-refractivity contribution is -0.152. The molecule has 19 heavy (non-hydrogen) atoms. The van der Waals surface area contributed by atoms with Crippen molar-refractivity contribution in [3.8, 4) is 0 Å². The van der Waals surface area contributed by atoms with Crippen LogP contribution >= 0.6 is 0 Å². The second-order valence-electron chi connectivity index (χ2n) is 5.96. The highest BCUT2D eigenvalue weighted by Crippen LogP contribution is 2.26. The molecular weight excluding hydrogens is 240 g/mol. The van der Waals surface area contributed by atoms with Crippen LogP contribution in [0.1, 0.15) is 46.5 Å². The van der Waals surface area contributed by atoms with Gasteiger partial charge >= 0.3 is 0 Å². The fourth-order valence-electron chi connectivity index (χ4n) is 3.07. The molecule has 1 aliphatic carbocycles. The van der Waals surface area contributed by atoms with Crippen molar-refractivity contribution in [1.82, 2.24) is 10.2 Å². The average Bonchev–Trinajstić information content (AvgIpc) is 2.85. The quantitative estimate of drug-likeness (QED) is 0.788. The number of nitrogens with zero attached hydrogens (tertiary/aromatic N) is 1. The summed E-state index contributed by atoms with van der Waals surface area (Å²) in [5.74, 6) is 0.518. The number of rotatable bonds is 4. The van der Waals surface area contributed by atoms with E-state index in [1.807, 2.05) is 11.8 Å². The molecule has 4 heteroatoms. The standard InChI is InChI=1S/C15H24N2O2/c1-4-13-14(18)16-12(9-10(2)3)15(19)17(13)11-7-5-6-8-11/h5-6,10-13H,4,7-9H2,1-3H3,(H,16,18). The maximum atomic E-state index is 12.6. The third-order valence-electron chi connectivity index (χ3n) is 3.98. The summed E-state index contributed by atoms with van der Waals surface area (Å²) in [4.78, 5) is 26.7. The molecule has 4 nitrogen and oxygen atoms in total. The van der Waals surface area contributed by atoms with E-state index in [-0.39, 0.29) is 29.9 Å². The SMILES string of the molecule is CCC1C(=O)NC(CC(C)C)C(=O)N1C1CC=CC1. The molecule has 0 radical (unpaired) electrons. The maximum absolute atomic E-state index is 12.6. The Kier molecular flexibility index (Phi) is 4.27. The minimum absolute atomic E-state index is 0.0136. The zero-order valence-electron chi connectivity index (χ0n) is 12.1. The molecule has 0 aromatic heterocycles. The Labute approximate surface area is 115 Å². The van der Waals surface area contributed by atoms with Gasteiger partial charge in [0, 0.05) is 6.04 Å². The van der Waals surface area contributed by atoms with E-state index in [2.05, 4.69) is 31.3 Å². The van der Waals surface area contributed by atoms with Crippen LogP contribution in [-0.2, 0) is 9.59 Å². The molecule has 106 valence electrons. The van der Waals surface area contributed by atoms with E-state index in [0.29, 0.717) is 12.3 Å². The molecule has 0 saturated carbocycles. The Hall–Kier alpha value is -1.32. The highest BCUT2D eigenvalue weighted by atomic mass is 16.2. The van der Waals surface area contributed by atoms with Gasteiger partial charge < -0.3 is 10.2 Å². The van der Waals surface area contributed by atoms with E-state index < -0.39 is 0 Å². The Morgan fingerprint density at radius 2 is 1.95 bits per heavy atom. The second-order valence-corrected chi connectivity index (χ2v) is 5.96. The van der Waals surface area contributed by atoms with E-state index in [9.17, 15) is 9.59 Å². The summed E-state index contributed by atoms with van der Waals surface area (Å²) in [7, 11) is 0. The Morgan fingerprint density at radius 3 is 2.47 bits per heavy atom. The van der Waals surface area contributed by atoms with Crippen LogP contribution in [0.5, 0.6) is 0 Å². The van der Waals surface area contributed by atoms with Crippen LogP contribution in [0.15, 0.2) is 12.2 Å². The fourth-order valence-corrected chi connectivity index (χ4v) is 3.07. The molecule has 2 rings (SSSR count). The number of hydrogen-bond donors (Lipinski definition) is 1. The molecule has 0 spiro atoms. The highest BCUT2D eigenvalue weighted by Gasteiger charge is 2.42. The minimum atomic E-state index is -0.337. The molecule has 2 atom stereocenters. The van der Waals surface area contributed by atoms with Crippen molar-refractivity contribution >= 4 is 11.8 Å². The number of hydrogen-bond acceptors (Lipinski definition) is 2. The summed E-state index contributed by atoms with van der Waals surface area (Å²) in [5, 5.41) is 2.90. The van der Waals surface area contributed by atoms with Crippen LogP contribution in [0.2, 0.25) is 0 Å². The van der Waals surface area contributed by atoms with Crippen LogP contribution in [-0.4, -0.2) is 34.8 Å². The number of carbonyl (C=O) groups excluding carboxylic acids is 2. The first-order chi connectivity index (χ1) is 9.04. The number of nitrogens with one attached hydrogen (secondary N) is 1. The molecule has 1 aliphatic heterocycles. The zero-order chi connectivity index (χ0) is 14.0. The molecule has 1 fully saturated rings. The van der Waals surface area contributed by atoms with Crippen LogP contribution in [0.4, 0.5) is 0 Å². The minimum Gasteiger partial charge on any atom is -0.342 e. The number of amides is 2. The van der Waals surface area contributed by atoms with Gasteiger partial charge in [0.05, 0.1) is 0 Å². The van der Waals surface area contributed by atoms with Gasteiger partial charge in [-0.25, -0.2) is 0 Å². The largest absolute Gasteiger partial charge is 0.342 e. The lowest BCUT2D eigenvalue weighted by atomic mass is 9.95. The van der Waals surface area contributed by atoms with Crippen molar-refractivity contribution in [1.29, 1.82) is 0 Å². The third kappa shape index (κ3) is 2.82. The molecule has 2 unspecified atom stereocenters. The van der Waals surface area contributed by atoms with Crippen molar-refractivity contribution in [2.24, 2.45) is 5.92 Å². The molecular formula is C15H24N2O2. The van der Waals surface area contributed by atoms with Gasteiger partial charge in [0.1, 0.15) is 12.1 Å². The maximum Gasteiger partial charge on any atom is 0.246 e. The topological polar surface area (TPSA) is 49.4 Å². The zero-order valence-corrected chi connectivity index (χ0v) is 12.1. The van der Waals surface area contributed by atoms with E-state index >= 15 is 0 Å². The summed E-state index contributed by atoms with van der Waals surface area (Å²) < 4.78 is 0. The second kappa shape index (κ2) is 5.76. The van der Waals surface area contributed by atoms with Gasteiger partial charge in [0.25, 0.3) is 0 Å². The number of piperazine rings is 1. The first kappa shape index (κ1) is 14.1. The summed E-state index contributed by atoms with van der Waals surface area (Å²) in [5.41, 5.74) is 0. The lowest BCUT2D eigenvalue weighted by Gasteiger charge is -2.42. The summed E-state index contributed by atoms with van der Waals surface area (Å²) in [6, 6.07) is -0.449. The number of carbonyl (C=O) groups is 2. The molecule has 2 amide bonds. The van der Waals surface area contributed by atoms with Crippen molar-refractivity contribution < 1.29 is 9.59 Å². The smallest absolute Gasteiger partial charge is 0.246 e. The van der Waals surface area contributed by atoms with Crippen LogP contribution in [0, 0.1) is 5.92 Å². The molecule has 1 heterocycles. The fraction of sp³-hybridized carbons (Fsp3) is 0.733. The Bertz CT molecular complexity index is 382. The van der Waals surface area contributed by atoms with Crippen LogP contribution in [0.3, 0.4) is 0 Å². The predicted octanol–water partition coefficient (Wildman–Crippen LogP) is 1.86. The van der Waals surface area contributed by atoms with Gasteiger partial charge in [0.15, 0.2) is 0 Å². The first-order valence-electron chi connectivity index (χ1n) is 7.32. The summed E-state index contributed by atoms with van der Waals surface area (Å²) in [6.07, 6.45) is 7.37. The van der Waals surface area contributed by atoms with Gasteiger partial charge in [-0.05, 0) is 31.6 Å². The van der Waals surface area contributed by atoms with E-state index in [1.165, 1.54) is 0 Å². The van der Waals surface area contributed by atoms with E-state index in [1.54, 1.807) is 0 Å². The third-order valence-corrected chi connectivity index (χ3v) is 3.98. The van der Waals surface area contributed by atoms with E-state index in [0.717, 1.165) is 19.3 Å². The Balaban J connectivity index is 2.18. The van der Waals surface area contributed by atoms with Crippen molar-refractivity contribution in [2.45, 2.75) is 64.6 Å². The van der Waals surface area contributed by atoms with Gasteiger partial charge in [-0.1, -0.05) is 32.9 Å². The Morgan fingerprint density at radius 1 is 1.32 bits per heavy atom. The van der Waals surface area contributed by atoms with Crippen molar-refractivity contribution in [3.05, 3.63) is 12.2 Å². The highest BCUT2D eigenvalue weighted by molar-refractivity contribution is 5.97. The normalized spacial score (nSPS) is 28.3. The first-order valence-corrected chi connectivity index (χ1v) is 7.32. The molecule has 1 saturated heterocycles. The monoisotopic (exact) mass is 264 g/mol. The molecule has 0 bridgehead atoms. The molecule has 0 aromatic carbocycles. The van der Waals surface area contributed by atoms with E-state index in [4.69, 9.17) is 0 Å². The van der Waals surface area contributed by atoms with Gasteiger partial charge in [-0.3, -0.25) is 9.59 Å². The van der Waals surface area contributed by atoms with Crippen molar-refractivity contribution in [3.63, 3.8) is 0 Å². The molecule has 2 aliphatic rings.